The van der Waals surface area contributed by atoms with Gasteiger partial charge in [0.05, 0.1) is 37.2 Å². The molecule has 1 aromatic heterocycles. The van der Waals surface area contributed by atoms with Gasteiger partial charge in [0.15, 0.2) is 0 Å². The molecule has 0 aliphatic carbocycles. The van der Waals surface area contributed by atoms with Crippen molar-refractivity contribution >= 4 is 15.9 Å². The molecule has 0 bridgehead atoms. The van der Waals surface area contributed by atoms with Gasteiger partial charge in [-0.2, -0.15) is 0 Å². The lowest BCUT2D eigenvalue weighted by molar-refractivity contribution is -0.125. The van der Waals surface area contributed by atoms with Crippen molar-refractivity contribution in [3.63, 3.8) is 0 Å². The Bertz CT molecular complexity index is 1010. The SMILES string of the molecule is COc1ccc(S(=O)(=O)N[C@@H]2C=C[C@@H](CC(=O)NCCc3ccncc3)O[C@H]2CO)cc1. The van der Waals surface area contributed by atoms with Gasteiger partial charge in [-0.3, -0.25) is 9.78 Å². The predicted octanol–water partition coefficient (Wildman–Crippen LogP) is 0.802. The number of pyridine rings is 1. The Labute approximate surface area is 187 Å². The molecular weight excluding hydrogens is 434 g/mol. The Kier molecular flexibility index (Phi) is 8.34. The Balaban J connectivity index is 1.53. The second-order valence-electron chi connectivity index (χ2n) is 7.26. The normalized spacial score (nSPS) is 20.6. The molecule has 172 valence electrons. The minimum Gasteiger partial charge on any atom is -0.497 e. The molecule has 9 nitrogen and oxygen atoms in total. The zero-order valence-electron chi connectivity index (χ0n) is 17.7. The van der Waals surface area contributed by atoms with E-state index in [-0.39, 0.29) is 17.2 Å². The van der Waals surface area contributed by atoms with Crippen molar-refractivity contribution in [1.29, 1.82) is 0 Å². The van der Waals surface area contributed by atoms with Gasteiger partial charge in [0, 0.05) is 18.9 Å². The molecule has 0 unspecified atom stereocenters. The van der Waals surface area contributed by atoms with Gasteiger partial charge in [0.25, 0.3) is 0 Å². The lowest BCUT2D eigenvalue weighted by Crippen LogP contribution is -2.49. The van der Waals surface area contributed by atoms with Crippen molar-refractivity contribution in [2.75, 3.05) is 20.3 Å². The number of aliphatic hydroxyl groups is 1. The minimum absolute atomic E-state index is 0.0686. The predicted molar refractivity (Wildman–Crippen MR) is 118 cm³/mol. The Morgan fingerprint density at radius 1 is 1.16 bits per heavy atom. The number of hydrogen-bond donors (Lipinski definition) is 3. The molecule has 32 heavy (non-hydrogen) atoms. The molecule has 0 radical (unpaired) electrons. The molecule has 1 aliphatic heterocycles. The summed E-state index contributed by atoms with van der Waals surface area (Å²) in [5, 5.41) is 12.5. The average molecular weight is 462 g/mol. The highest BCUT2D eigenvalue weighted by atomic mass is 32.2. The van der Waals surface area contributed by atoms with Gasteiger partial charge in [-0.25, -0.2) is 13.1 Å². The van der Waals surface area contributed by atoms with E-state index in [2.05, 4.69) is 15.0 Å². The number of sulfonamides is 1. The lowest BCUT2D eigenvalue weighted by atomic mass is 10.1. The third kappa shape index (κ3) is 6.60. The number of nitrogens with one attached hydrogen (secondary N) is 2. The smallest absolute Gasteiger partial charge is 0.241 e. The first-order valence-corrected chi connectivity index (χ1v) is 11.7. The van der Waals surface area contributed by atoms with Gasteiger partial charge in [-0.05, 0) is 48.4 Å². The van der Waals surface area contributed by atoms with Gasteiger partial charge in [-0.15, -0.1) is 0 Å². The van der Waals surface area contributed by atoms with Crippen LogP contribution in [0.5, 0.6) is 5.75 Å². The number of ether oxygens (including phenoxy) is 2. The topological polar surface area (TPSA) is 127 Å². The Hall–Kier alpha value is -2.79. The van der Waals surface area contributed by atoms with Crippen LogP contribution in [0.1, 0.15) is 12.0 Å². The molecule has 10 heteroatoms. The molecule has 1 amide bonds. The first-order chi connectivity index (χ1) is 15.4. The maximum absolute atomic E-state index is 12.7. The van der Waals surface area contributed by atoms with E-state index in [9.17, 15) is 18.3 Å². The fourth-order valence-electron chi connectivity index (χ4n) is 3.26. The van der Waals surface area contributed by atoms with Crippen LogP contribution < -0.4 is 14.8 Å². The highest BCUT2D eigenvalue weighted by Crippen LogP contribution is 2.20. The molecule has 2 heterocycles. The zero-order valence-corrected chi connectivity index (χ0v) is 18.5. The quantitative estimate of drug-likeness (QED) is 0.447. The third-order valence-electron chi connectivity index (χ3n) is 5.00. The molecule has 0 saturated carbocycles. The fourth-order valence-corrected chi connectivity index (χ4v) is 4.48. The lowest BCUT2D eigenvalue weighted by Gasteiger charge is -2.31. The van der Waals surface area contributed by atoms with E-state index < -0.39 is 34.9 Å². The van der Waals surface area contributed by atoms with Crippen LogP contribution in [0.25, 0.3) is 0 Å². The maximum Gasteiger partial charge on any atom is 0.241 e. The molecule has 3 rings (SSSR count). The number of aromatic nitrogens is 1. The third-order valence-corrected chi connectivity index (χ3v) is 6.47. The van der Waals surface area contributed by atoms with Crippen LogP contribution >= 0.6 is 0 Å². The summed E-state index contributed by atoms with van der Waals surface area (Å²) in [4.78, 5) is 16.2. The molecule has 3 atom stereocenters. The molecule has 0 spiro atoms. The number of nitrogens with zero attached hydrogens (tertiary/aromatic N) is 1. The number of aliphatic hydroxyl groups excluding tert-OH is 1. The summed E-state index contributed by atoms with van der Waals surface area (Å²) in [6.07, 6.45) is 6.03. The minimum atomic E-state index is -3.84. The van der Waals surface area contributed by atoms with Gasteiger partial charge >= 0.3 is 0 Å². The maximum atomic E-state index is 12.7. The largest absolute Gasteiger partial charge is 0.497 e. The van der Waals surface area contributed by atoms with Crippen LogP contribution in [0, 0.1) is 0 Å². The van der Waals surface area contributed by atoms with Crippen molar-refractivity contribution in [2.24, 2.45) is 0 Å². The number of carbonyl (C=O) groups excluding carboxylic acids is 1. The summed E-state index contributed by atoms with van der Waals surface area (Å²) in [5.41, 5.74) is 1.07. The number of benzene rings is 1. The number of amides is 1. The monoisotopic (exact) mass is 461 g/mol. The van der Waals surface area contributed by atoms with Gasteiger partial charge in [-0.1, -0.05) is 12.2 Å². The Morgan fingerprint density at radius 2 is 1.88 bits per heavy atom. The van der Waals surface area contributed by atoms with E-state index >= 15 is 0 Å². The number of methoxy groups -OCH3 is 1. The molecular formula is C22H27N3O6S. The van der Waals surface area contributed by atoms with Crippen molar-refractivity contribution in [3.05, 3.63) is 66.5 Å². The zero-order chi connectivity index (χ0) is 23.0. The second-order valence-corrected chi connectivity index (χ2v) is 8.98. The number of rotatable bonds is 10. The molecule has 0 saturated heterocycles. The van der Waals surface area contributed by atoms with Crippen LogP contribution in [0.2, 0.25) is 0 Å². The van der Waals surface area contributed by atoms with E-state index in [1.807, 2.05) is 12.1 Å². The summed E-state index contributed by atoms with van der Waals surface area (Å²) in [5.74, 6) is 0.350. The van der Waals surface area contributed by atoms with Crippen molar-refractivity contribution in [3.8, 4) is 5.75 Å². The molecule has 1 aliphatic rings. The summed E-state index contributed by atoms with van der Waals surface area (Å²) in [6.45, 7) is 0.0767. The van der Waals surface area contributed by atoms with Crippen LogP contribution in [-0.2, 0) is 26.0 Å². The van der Waals surface area contributed by atoms with E-state index in [1.54, 1.807) is 36.7 Å². The van der Waals surface area contributed by atoms with Crippen molar-refractivity contribution < 1.29 is 27.8 Å². The number of hydrogen-bond acceptors (Lipinski definition) is 7. The summed E-state index contributed by atoms with van der Waals surface area (Å²) in [7, 11) is -2.34. The summed E-state index contributed by atoms with van der Waals surface area (Å²) in [6, 6.07) is 8.97. The molecule has 2 aromatic rings. The van der Waals surface area contributed by atoms with Gasteiger partial charge in [0.1, 0.15) is 11.9 Å². The van der Waals surface area contributed by atoms with E-state index in [0.29, 0.717) is 18.7 Å². The number of carbonyl (C=O) groups is 1. The van der Waals surface area contributed by atoms with Gasteiger partial charge in [0.2, 0.25) is 15.9 Å². The first-order valence-electron chi connectivity index (χ1n) is 10.2. The Morgan fingerprint density at radius 3 is 2.53 bits per heavy atom. The summed E-state index contributed by atoms with van der Waals surface area (Å²) < 4.78 is 38.7. The summed E-state index contributed by atoms with van der Waals surface area (Å²) >= 11 is 0. The van der Waals surface area contributed by atoms with Crippen LogP contribution in [-0.4, -0.2) is 62.9 Å². The standard InChI is InChI=1S/C22H27N3O6S/c1-30-17-2-5-19(6-3-17)32(28,29)25-20-7-4-18(31-21(20)15-26)14-22(27)24-13-10-16-8-11-23-12-9-16/h2-9,11-12,18,20-21,25-26H,10,13-15H2,1H3,(H,24,27)/t18-,20+,21-/m0/s1. The van der Waals surface area contributed by atoms with E-state index in [0.717, 1.165) is 5.56 Å². The van der Waals surface area contributed by atoms with Crippen molar-refractivity contribution in [2.45, 2.75) is 36.0 Å². The first kappa shape index (κ1) is 23.9. The van der Waals surface area contributed by atoms with Gasteiger partial charge < -0.3 is 19.9 Å². The highest BCUT2D eigenvalue weighted by Gasteiger charge is 2.31. The van der Waals surface area contributed by atoms with Crippen molar-refractivity contribution in [1.82, 2.24) is 15.0 Å². The average Bonchev–Trinajstić information content (AvgIpc) is 2.80. The second kappa shape index (κ2) is 11.2. The highest BCUT2D eigenvalue weighted by molar-refractivity contribution is 7.89. The van der Waals surface area contributed by atoms with E-state index in [1.165, 1.54) is 19.2 Å². The molecule has 0 fully saturated rings. The fraction of sp³-hybridized carbons (Fsp3) is 0.364. The van der Waals surface area contributed by atoms with E-state index in [4.69, 9.17) is 9.47 Å². The van der Waals surface area contributed by atoms with Crippen LogP contribution in [0.3, 0.4) is 0 Å². The molecule has 3 N–H and O–H groups in total. The van der Waals surface area contributed by atoms with Crippen LogP contribution in [0.4, 0.5) is 0 Å². The molecule has 1 aromatic carbocycles. The van der Waals surface area contributed by atoms with Crippen LogP contribution in [0.15, 0.2) is 65.8 Å².